The largest absolute Gasteiger partial charge is 0.375 e. The molecule has 48 valence electrons. The molecule has 0 N–H and O–H groups in total. The van der Waals surface area contributed by atoms with E-state index in [1.165, 1.54) is 6.33 Å². The van der Waals surface area contributed by atoms with Gasteiger partial charge in [-0.1, -0.05) is 0 Å². The topological polar surface area (TPSA) is 29.0 Å². The Kier molecular flexibility index (Phi) is 1.63. The van der Waals surface area contributed by atoms with Crippen molar-refractivity contribution in [2.75, 3.05) is 19.0 Å². The predicted molar refractivity (Wildman–Crippen MR) is 36.4 cm³/mol. The molecule has 0 aliphatic heterocycles. The Bertz CT molecular complexity index is 171. The minimum atomic E-state index is 1.03. The van der Waals surface area contributed by atoms with Crippen LogP contribution >= 0.6 is 0 Å². The molecule has 0 fully saturated rings. The minimum absolute atomic E-state index is 1.03. The van der Waals surface area contributed by atoms with Gasteiger partial charge < -0.3 is 4.90 Å². The summed E-state index contributed by atoms with van der Waals surface area (Å²) in [6.45, 7) is 0. The number of aromatic nitrogens is 2. The third-order valence-corrected chi connectivity index (χ3v) is 1.06. The van der Waals surface area contributed by atoms with Gasteiger partial charge in [0.2, 0.25) is 0 Å². The van der Waals surface area contributed by atoms with Crippen molar-refractivity contribution in [3.63, 3.8) is 0 Å². The van der Waals surface area contributed by atoms with Crippen LogP contribution in [0, 0.1) is 0 Å². The quantitative estimate of drug-likeness (QED) is 0.546. The Morgan fingerprint density at radius 1 is 1.22 bits per heavy atom. The highest BCUT2D eigenvalue weighted by atomic mass is 15.1. The first-order valence-electron chi connectivity index (χ1n) is 2.73. The van der Waals surface area contributed by atoms with Gasteiger partial charge in [-0.15, -0.1) is 0 Å². The molecule has 3 heteroatoms. The molecule has 9 heavy (non-hydrogen) atoms. The van der Waals surface area contributed by atoms with Crippen LogP contribution in [0.15, 0.2) is 18.7 Å². The van der Waals surface area contributed by atoms with Gasteiger partial charge >= 0.3 is 0 Å². The molecular weight excluding hydrogens is 114 g/mol. The van der Waals surface area contributed by atoms with Crippen molar-refractivity contribution in [2.24, 2.45) is 0 Å². The smallest absolute Gasteiger partial charge is 0.115 e. The molecule has 0 aromatic carbocycles. The summed E-state index contributed by atoms with van der Waals surface area (Å²) in [6.07, 6.45) is 5.06. The van der Waals surface area contributed by atoms with E-state index < -0.39 is 0 Å². The first-order chi connectivity index (χ1) is 4.30. The molecule has 1 rings (SSSR count). The van der Waals surface area contributed by atoms with Crippen LogP contribution in [0.4, 0.5) is 5.69 Å². The lowest BCUT2D eigenvalue weighted by Gasteiger charge is -2.08. The van der Waals surface area contributed by atoms with Gasteiger partial charge in [0.05, 0.1) is 18.1 Å². The van der Waals surface area contributed by atoms with E-state index in [-0.39, 0.29) is 0 Å². The molecule has 0 unspecified atom stereocenters. The molecular formula is C6H9N3. The second kappa shape index (κ2) is 2.44. The van der Waals surface area contributed by atoms with E-state index in [4.69, 9.17) is 0 Å². The first-order valence-corrected chi connectivity index (χ1v) is 2.73. The fourth-order valence-electron chi connectivity index (χ4n) is 0.522. The Balaban J connectivity index is 2.85. The van der Waals surface area contributed by atoms with Crippen LogP contribution < -0.4 is 4.90 Å². The highest BCUT2D eigenvalue weighted by molar-refractivity contribution is 5.38. The maximum atomic E-state index is 3.85. The lowest BCUT2D eigenvalue weighted by atomic mass is 10.5. The summed E-state index contributed by atoms with van der Waals surface area (Å²) in [4.78, 5) is 9.66. The Hall–Kier alpha value is -1.12. The Labute approximate surface area is 54.4 Å². The van der Waals surface area contributed by atoms with Crippen LogP contribution in [0.5, 0.6) is 0 Å². The number of nitrogens with zero attached hydrogens (tertiary/aromatic N) is 3. The summed E-state index contributed by atoms with van der Waals surface area (Å²) in [5, 5.41) is 0. The summed E-state index contributed by atoms with van der Waals surface area (Å²) in [5.74, 6) is 0. The monoisotopic (exact) mass is 123 g/mol. The van der Waals surface area contributed by atoms with Gasteiger partial charge in [-0.3, -0.25) is 0 Å². The molecule has 0 saturated heterocycles. The number of hydrogen-bond donors (Lipinski definition) is 0. The maximum Gasteiger partial charge on any atom is 0.115 e. The fraction of sp³-hybridized carbons (Fsp3) is 0.333. The van der Waals surface area contributed by atoms with E-state index in [1.54, 1.807) is 12.4 Å². The third-order valence-electron chi connectivity index (χ3n) is 1.06. The fourth-order valence-corrected chi connectivity index (χ4v) is 0.522. The molecule has 0 amide bonds. The molecule has 0 spiro atoms. The predicted octanol–water partition coefficient (Wildman–Crippen LogP) is 0.543. The Morgan fingerprint density at radius 3 is 2.11 bits per heavy atom. The van der Waals surface area contributed by atoms with Crippen molar-refractivity contribution < 1.29 is 0 Å². The Morgan fingerprint density at radius 2 is 1.78 bits per heavy atom. The van der Waals surface area contributed by atoms with Gasteiger partial charge in [-0.05, 0) is 0 Å². The first kappa shape index (κ1) is 6.01. The van der Waals surface area contributed by atoms with Crippen LogP contribution in [-0.4, -0.2) is 24.1 Å². The molecule has 1 heterocycles. The van der Waals surface area contributed by atoms with Crippen LogP contribution in [0.2, 0.25) is 0 Å². The summed E-state index contributed by atoms with van der Waals surface area (Å²) < 4.78 is 0. The molecule has 0 aliphatic carbocycles. The average Bonchev–Trinajstić information content (AvgIpc) is 1.90. The highest BCUT2D eigenvalue weighted by Crippen LogP contribution is 2.02. The van der Waals surface area contributed by atoms with Gasteiger partial charge in [0, 0.05) is 14.1 Å². The zero-order valence-corrected chi connectivity index (χ0v) is 5.57. The lowest BCUT2D eigenvalue weighted by molar-refractivity contribution is 1.07. The van der Waals surface area contributed by atoms with Crippen LogP contribution in [0.1, 0.15) is 0 Å². The summed E-state index contributed by atoms with van der Waals surface area (Å²) in [6, 6.07) is 0. The van der Waals surface area contributed by atoms with E-state index in [0.717, 1.165) is 5.69 Å². The zero-order chi connectivity index (χ0) is 6.69. The van der Waals surface area contributed by atoms with Gasteiger partial charge in [-0.25, -0.2) is 9.97 Å². The molecule has 1 aromatic rings. The average molecular weight is 123 g/mol. The standard InChI is InChI=1S/C6H9N3/c1-9(2)6-3-7-5-8-4-6/h3-5H,1-2H3. The number of rotatable bonds is 1. The molecule has 3 nitrogen and oxygen atoms in total. The van der Waals surface area contributed by atoms with E-state index >= 15 is 0 Å². The van der Waals surface area contributed by atoms with Crippen LogP contribution in [0.25, 0.3) is 0 Å². The summed E-state index contributed by atoms with van der Waals surface area (Å²) >= 11 is 0. The number of anilines is 1. The van der Waals surface area contributed by atoms with Crippen molar-refractivity contribution in [1.29, 1.82) is 0 Å². The maximum absolute atomic E-state index is 3.85. The second-order valence-electron chi connectivity index (χ2n) is 1.99. The molecule has 0 bridgehead atoms. The zero-order valence-electron chi connectivity index (χ0n) is 5.57. The minimum Gasteiger partial charge on any atom is -0.375 e. The van der Waals surface area contributed by atoms with E-state index in [1.807, 2.05) is 19.0 Å². The molecule has 0 saturated carbocycles. The molecule has 0 atom stereocenters. The van der Waals surface area contributed by atoms with Gasteiger partial charge in [0.1, 0.15) is 6.33 Å². The van der Waals surface area contributed by atoms with E-state index in [2.05, 4.69) is 9.97 Å². The second-order valence-corrected chi connectivity index (χ2v) is 1.99. The normalized spacial score (nSPS) is 9.11. The van der Waals surface area contributed by atoms with Crippen molar-refractivity contribution in [1.82, 2.24) is 9.97 Å². The van der Waals surface area contributed by atoms with Crippen LogP contribution in [0.3, 0.4) is 0 Å². The number of hydrogen-bond acceptors (Lipinski definition) is 3. The van der Waals surface area contributed by atoms with Crippen molar-refractivity contribution >= 4 is 5.69 Å². The van der Waals surface area contributed by atoms with Gasteiger partial charge in [-0.2, -0.15) is 0 Å². The van der Waals surface area contributed by atoms with E-state index in [9.17, 15) is 0 Å². The summed E-state index contributed by atoms with van der Waals surface area (Å²) in [5.41, 5.74) is 1.03. The highest BCUT2D eigenvalue weighted by Gasteiger charge is 1.89. The van der Waals surface area contributed by atoms with Gasteiger partial charge in [0.25, 0.3) is 0 Å². The van der Waals surface area contributed by atoms with Crippen LogP contribution in [-0.2, 0) is 0 Å². The summed E-state index contributed by atoms with van der Waals surface area (Å²) in [7, 11) is 3.91. The molecule has 0 aliphatic rings. The molecule has 1 aromatic heterocycles. The lowest BCUT2D eigenvalue weighted by Crippen LogP contribution is -2.08. The van der Waals surface area contributed by atoms with Crippen molar-refractivity contribution in [3.8, 4) is 0 Å². The van der Waals surface area contributed by atoms with E-state index in [0.29, 0.717) is 0 Å². The molecule has 0 radical (unpaired) electrons. The third kappa shape index (κ3) is 1.38. The van der Waals surface area contributed by atoms with Crippen molar-refractivity contribution in [2.45, 2.75) is 0 Å². The van der Waals surface area contributed by atoms with Crippen molar-refractivity contribution in [3.05, 3.63) is 18.7 Å². The van der Waals surface area contributed by atoms with Gasteiger partial charge in [0.15, 0.2) is 0 Å². The SMILES string of the molecule is CN(C)c1cncnc1.